The Bertz CT molecular complexity index is 587. The predicted octanol–water partition coefficient (Wildman–Crippen LogP) is 1.91. The molecule has 0 bridgehead atoms. The van der Waals surface area contributed by atoms with Crippen LogP contribution >= 0.6 is 0 Å². The van der Waals surface area contributed by atoms with Crippen molar-refractivity contribution >= 4 is 5.91 Å². The second kappa shape index (κ2) is 7.40. The SMILES string of the molecule is COc1cnccc1C(=O)NCCC(N)c1ccccc1. The molecule has 2 rings (SSSR count). The van der Waals surface area contributed by atoms with E-state index >= 15 is 0 Å². The van der Waals surface area contributed by atoms with Crippen LogP contribution in [0.5, 0.6) is 5.75 Å². The molecular formula is C16H19N3O2. The van der Waals surface area contributed by atoms with Crippen molar-refractivity contribution in [3.05, 3.63) is 59.9 Å². The van der Waals surface area contributed by atoms with Crippen LogP contribution in [0.2, 0.25) is 0 Å². The Morgan fingerprint density at radius 2 is 2.10 bits per heavy atom. The number of hydrogen-bond donors (Lipinski definition) is 2. The standard InChI is InChI=1S/C16H19N3O2/c1-21-15-11-18-9-7-13(15)16(20)19-10-8-14(17)12-5-3-2-4-6-12/h2-7,9,11,14H,8,10,17H2,1H3,(H,19,20). The lowest BCUT2D eigenvalue weighted by Gasteiger charge is -2.13. The second-order valence-electron chi connectivity index (χ2n) is 4.64. The summed E-state index contributed by atoms with van der Waals surface area (Å²) in [6, 6.07) is 11.4. The molecule has 1 unspecified atom stereocenters. The third-order valence-electron chi connectivity index (χ3n) is 3.22. The number of carbonyl (C=O) groups is 1. The van der Waals surface area contributed by atoms with Gasteiger partial charge in [-0.25, -0.2) is 0 Å². The molecule has 1 aromatic carbocycles. The fourth-order valence-electron chi connectivity index (χ4n) is 2.03. The number of nitrogens with zero attached hydrogens (tertiary/aromatic N) is 1. The van der Waals surface area contributed by atoms with E-state index in [1.165, 1.54) is 13.3 Å². The first kappa shape index (κ1) is 15.0. The summed E-state index contributed by atoms with van der Waals surface area (Å²) in [4.78, 5) is 16.0. The fraction of sp³-hybridized carbons (Fsp3) is 0.250. The number of benzene rings is 1. The summed E-state index contributed by atoms with van der Waals surface area (Å²) < 4.78 is 5.12. The monoisotopic (exact) mass is 285 g/mol. The highest BCUT2D eigenvalue weighted by atomic mass is 16.5. The minimum absolute atomic E-state index is 0.0918. The third kappa shape index (κ3) is 4.03. The largest absolute Gasteiger partial charge is 0.494 e. The lowest BCUT2D eigenvalue weighted by Crippen LogP contribution is -2.27. The van der Waals surface area contributed by atoms with Crippen molar-refractivity contribution in [1.82, 2.24) is 10.3 Å². The molecule has 110 valence electrons. The van der Waals surface area contributed by atoms with E-state index in [0.29, 0.717) is 24.3 Å². The Hall–Kier alpha value is -2.40. The zero-order chi connectivity index (χ0) is 15.1. The smallest absolute Gasteiger partial charge is 0.255 e. The molecule has 1 amide bonds. The van der Waals surface area contributed by atoms with Gasteiger partial charge in [0.05, 0.1) is 18.9 Å². The molecule has 0 saturated carbocycles. The molecule has 0 radical (unpaired) electrons. The molecule has 5 nitrogen and oxygen atoms in total. The molecule has 3 N–H and O–H groups in total. The molecule has 1 aromatic heterocycles. The van der Waals surface area contributed by atoms with Gasteiger partial charge in [-0.3, -0.25) is 9.78 Å². The van der Waals surface area contributed by atoms with Crippen LogP contribution in [0, 0.1) is 0 Å². The van der Waals surface area contributed by atoms with Gasteiger partial charge in [-0.05, 0) is 18.1 Å². The van der Waals surface area contributed by atoms with E-state index in [1.807, 2.05) is 30.3 Å². The Kier molecular flexibility index (Phi) is 5.29. The van der Waals surface area contributed by atoms with E-state index in [1.54, 1.807) is 12.3 Å². The van der Waals surface area contributed by atoms with E-state index in [-0.39, 0.29) is 11.9 Å². The van der Waals surface area contributed by atoms with E-state index in [0.717, 1.165) is 5.56 Å². The van der Waals surface area contributed by atoms with E-state index in [2.05, 4.69) is 10.3 Å². The van der Waals surface area contributed by atoms with Gasteiger partial charge in [0.25, 0.3) is 5.91 Å². The van der Waals surface area contributed by atoms with Crippen molar-refractivity contribution in [3.63, 3.8) is 0 Å². The van der Waals surface area contributed by atoms with Gasteiger partial charge in [0, 0.05) is 18.8 Å². The maximum Gasteiger partial charge on any atom is 0.255 e. The topological polar surface area (TPSA) is 77.2 Å². The number of rotatable bonds is 6. The first-order valence-corrected chi connectivity index (χ1v) is 6.79. The molecule has 0 aliphatic rings. The van der Waals surface area contributed by atoms with E-state index in [4.69, 9.17) is 10.5 Å². The lowest BCUT2D eigenvalue weighted by molar-refractivity contribution is 0.0949. The second-order valence-corrected chi connectivity index (χ2v) is 4.64. The first-order valence-electron chi connectivity index (χ1n) is 6.79. The molecule has 21 heavy (non-hydrogen) atoms. The number of methoxy groups -OCH3 is 1. The quantitative estimate of drug-likeness (QED) is 0.850. The maximum atomic E-state index is 12.1. The van der Waals surface area contributed by atoms with Gasteiger partial charge < -0.3 is 15.8 Å². The van der Waals surface area contributed by atoms with Crippen molar-refractivity contribution in [2.45, 2.75) is 12.5 Å². The van der Waals surface area contributed by atoms with Crippen molar-refractivity contribution < 1.29 is 9.53 Å². The van der Waals surface area contributed by atoms with Crippen molar-refractivity contribution in [3.8, 4) is 5.75 Å². The van der Waals surface area contributed by atoms with Crippen LogP contribution in [0.1, 0.15) is 28.4 Å². The zero-order valence-electron chi connectivity index (χ0n) is 12.0. The molecule has 0 aliphatic carbocycles. The van der Waals surface area contributed by atoms with Gasteiger partial charge in [-0.15, -0.1) is 0 Å². The highest BCUT2D eigenvalue weighted by molar-refractivity contribution is 5.96. The highest BCUT2D eigenvalue weighted by Crippen LogP contribution is 2.16. The Morgan fingerprint density at radius 3 is 2.81 bits per heavy atom. The van der Waals surface area contributed by atoms with Crippen LogP contribution in [0.3, 0.4) is 0 Å². The van der Waals surface area contributed by atoms with E-state index < -0.39 is 0 Å². The number of amides is 1. The minimum Gasteiger partial charge on any atom is -0.494 e. The van der Waals surface area contributed by atoms with Crippen LogP contribution in [0.15, 0.2) is 48.8 Å². The van der Waals surface area contributed by atoms with Gasteiger partial charge in [0.1, 0.15) is 5.75 Å². The number of ether oxygens (including phenoxy) is 1. The molecule has 2 aromatic rings. The van der Waals surface area contributed by atoms with Crippen LogP contribution < -0.4 is 15.8 Å². The average molecular weight is 285 g/mol. The fourth-order valence-corrected chi connectivity index (χ4v) is 2.03. The summed E-state index contributed by atoms with van der Waals surface area (Å²) in [7, 11) is 1.51. The number of carbonyl (C=O) groups excluding carboxylic acids is 1. The maximum absolute atomic E-state index is 12.1. The number of hydrogen-bond acceptors (Lipinski definition) is 4. The summed E-state index contributed by atoms with van der Waals surface area (Å²) >= 11 is 0. The minimum atomic E-state index is -0.186. The first-order chi connectivity index (χ1) is 10.2. The predicted molar refractivity (Wildman–Crippen MR) is 81.1 cm³/mol. The summed E-state index contributed by atoms with van der Waals surface area (Å²) in [5, 5.41) is 2.85. The summed E-state index contributed by atoms with van der Waals surface area (Å²) in [6.07, 6.45) is 3.75. The van der Waals surface area contributed by atoms with Crippen molar-refractivity contribution in [1.29, 1.82) is 0 Å². The average Bonchev–Trinajstić information content (AvgIpc) is 2.55. The van der Waals surface area contributed by atoms with Crippen LogP contribution in [0.25, 0.3) is 0 Å². The molecule has 1 atom stereocenters. The van der Waals surface area contributed by atoms with E-state index in [9.17, 15) is 4.79 Å². The Balaban J connectivity index is 1.87. The van der Waals surface area contributed by atoms with Crippen LogP contribution in [-0.4, -0.2) is 24.5 Å². The van der Waals surface area contributed by atoms with Gasteiger partial charge in [0.15, 0.2) is 0 Å². The molecule has 0 aliphatic heterocycles. The molecular weight excluding hydrogens is 266 g/mol. The molecule has 0 spiro atoms. The summed E-state index contributed by atoms with van der Waals surface area (Å²) in [6.45, 7) is 0.500. The normalized spacial score (nSPS) is 11.7. The highest BCUT2D eigenvalue weighted by Gasteiger charge is 2.12. The van der Waals surface area contributed by atoms with Gasteiger partial charge in [0.2, 0.25) is 0 Å². The van der Waals surface area contributed by atoms with Crippen molar-refractivity contribution in [2.24, 2.45) is 5.73 Å². The number of nitrogens with two attached hydrogens (primary N) is 1. The van der Waals surface area contributed by atoms with Gasteiger partial charge >= 0.3 is 0 Å². The Morgan fingerprint density at radius 1 is 1.33 bits per heavy atom. The summed E-state index contributed by atoms with van der Waals surface area (Å²) in [5.41, 5.74) is 7.63. The molecule has 0 saturated heterocycles. The Labute approximate surface area is 124 Å². The van der Waals surface area contributed by atoms with Gasteiger partial charge in [-0.1, -0.05) is 30.3 Å². The lowest BCUT2D eigenvalue weighted by atomic mass is 10.1. The van der Waals surface area contributed by atoms with Gasteiger partial charge in [-0.2, -0.15) is 0 Å². The van der Waals surface area contributed by atoms with Crippen LogP contribution in [-0.2, 0) is 0 Å². The third-order valence-corrected chi connectivity index (χ3v) is 3.22. The number of nitrogens with one attached hydrogen (secondary N) is 1. The number of aromatic nitrogens is 1. The molecule has 0 fully saturated rings. The summed E-state index contributed by atoms with van der Waals surface area (Å²) in [5.74, 6) is 0.275. The molecule has 1 heterocycles. The van der Waals surface area contributed by atoms with Crippen molar-refractivity contribution in [2.75, 3.05) is 13.7 Å². The molecule has 5 heteroatoms. The van der Waals surface area contributed by atoms with Crippen LogP contribution in [0.4, 0.5) is 0 Å². The number of pyridine rings is 1. The zero-order valence-corrected chi connectivity index (χ0v) is 12.0.